The van der Waals surface area contributed by atoms with Gasteiger partial charge in [-0.3, -0.25) is 0 Å². The maximum atomic E-state index is 5.37. The summed E-state index contributed by atoms with van der Waals surface area (Å²) in [7, 11) is 4.94. The molecule has 0 radical (unpaired) electrons. The van der Waals surface area contributed by atoms with Crippen molar-refractivity contribution in [1.82, 2.24) is 5.32 Å². The number of nitrogens with one attached hydrogen (secondary N) is 1. The highest BCUT2D eigenvalue weighted by molar-refractivity contribution is 5.53. The molecule has 106 valence electrons. The maximum Gasteiger partial charge on any atom is 0.203 e. The first-order valence-corrected chi connectivity index (χ1v) is 6.78. The molecule has 1 aliphatic rings. The molecule has 1 unspecified atom stereocenters. The number of methoxy groups -OCH3 is 3. The summed E-state index contributed by atoms with van der Waals surface area (Å²) >= 11 is 0. The third-order valence-electron chi connectivity index (χ3n) is 3.73. The monoisotopic (exact) mass is 265 g/mol. The van der Waals surface area contributed by atoms with Gasteiger partial charge < -0.3 is 19.5 Å². The molecule has 0 aliphatic carbocycles. The summed E-state index contributed by atoms with van der Waals surface area (Å²) in [6.45, 7) is 2.30. The van der Waals surface area contributed by atoms with E-state index in [9.17, 15) is 0 Å². The first-order valence-electron chi connectivity index (χ1n) is 6.78. The van der Waals surface area contributed by atoms with Gasteiger partial charge in [0, 0.05) is 0 Å². The zero-order valence-electron chi connectivity index (χ0n) is 12.0. The molecule has 1 fully saturated rings. The van der Waals surface area contributed by atoms with E-state index in [0.717, 1.165) is 36.9 Å². The van der Waals surface area contributed by atoms with Crippen molar-refractivity contribution in [3.8, 4) is 17.2 Å². The summed E-state index contributed by atoms with van der Waals surface area (Å²) in [5, 5.41) is 3.40. The summed E-state index contributed by atoms with van der Waals surface area (Å²) in [6.07, 6.45) is 3.53. The van der Waals surface area contributed by atoms with Gasteiger partial charge in [-0.25, -0.2) is 0 Å². The average Bonchev–Trinajstić information content (AvgIpc) is 2.97. The number of ether oxygens (including phenoxy) is 3. The summed E-state index contributed by atoms with van der Waals surface area (Å²) in [4.78, 5) is 0. The van der Waals surface area contributed by atoms with Gasteiger partial charge in [0.2, 0.25) is 5.75 Å². The number of rotatable bonds is 6. The Morgan fingerprint density at radius 2 is 1.79 bits per heavy atom. The molecule has 4 nitrogen and oxygen atoms in total. The van der Waals surface area contributed by atoms with E-state index < -0.39 is 0 Å². The van der Waals surface area contributed by atoms with Crippen molar-refractivity contribution in [3.63, 3.8) is 0 Å². The van der Waals surface area contributed by atoms with Crippen LogP contribution in [0, 0.1) is 5.92 Å². The molecule has 19 heavy (non-hydrogen) atoms. The molecule has 1 atom stereocenters. The lowest BCUT2D eigenvalue weighted by atomic mass is 9.98. The van der Waals surface area contributed by atoms with Crippen LogP contribution in [-0.2, 0) is 6.42 Å². The van der Waals surface area contributed by atoms with Gasteiger partial charge in [0.1, 0.15) is 0 Å². The van der Waals surface area contributed by atoms with Crippen molar-refractivity contribution in [2.45, 2.75) is 19.3 Å². The van der Waals surface area contributed by atoms with Gasteiger partial charge in [-0.2, -0.15) is 0 Å². The van der Waals surface area contributed by atoms with Crippen molar-refractivity contribution in [1.29, 1.82) is 0 Å². The Morgan fingerprint density at radius 1 is 1.11 bits per heavy atom. The molecule has 0 aromatic heterocycles. The Balaban J connectivity index is 2.11. The van der Waals surface area contributed by atoms with E-state index in [2.05, 4.69) is 5.32 Å². The minimum absolute atomic E-state index is 0.663. The third-order valence-corrected chi connectivity index (χ3v) is 3.73. The van der Waals surface area contributed by atoms with Gasteiger partial charge in [0.25, 0.3) is 0 Å². The predicted molar refractivity (Wildman–Crippen MR) is 75.4 cm³/mol. The van der Waals surface area contributed by atoms with Crippen molar-refractivity contribution < 1.29 is 14.2 Å². The highest BCUT2D eigenvalue weighted by atomic mass is 16.5. The third kappa shape index (κ3) is 3.32. The van der Waals surface area contributed by atoms with Crippen LogP contribution in [0.4, 0.5) is 0 Å². The van der Waals surface area contributed by atoms with E-state index in [-0.39, 0.29) is 0 Å². The average molecular weight is 265 g/mol. The van der Waals surface area contributed by atoms with Crippen molar-refractivity contribution >= 4 is 0 Å². The number of aryl methyl sites for hydroxylation is 1. The summed E-state index contributed by atoms with van der Waals surface area (Å²) < 4.78 is 16.1. The van der Waals surface area contributed by atoms with Crippen LogP contribution < -0.4 is 19.5 Å². The molecule has 2 rings (SSSR count). The lowest BCUT2D eigenvalue weighted by Gasteiger charge is -2.15. The molecular weight excluding hydrogens is 242 g/mol. The van der Waals surface area contributed by atoms with E-state index in [1.165, 1.54) is 18.4 Å². The second-order valence-corrected chi connectivity index (χ2v) is 4.93. The molecule has 0 amide bonds. The Bertz CT molecular complexity index is 389. The van der Waals surface area contributed by atoms with Crippen LogP contribution in [0.25, 0.3) is 0 Å². The van der Waals surface area contributed by atoms with Gasteiger partial charge in [0.15, 0.2) is 11.5 Å². The van der Waals surface area contributed by atoms with Crippen LogP contribution in [0.1, 0.15) is 18.4 Å². The van der Waals surface area contributed by atoms with Crippen LogP contribution >= 0.6 is 0 Å². The standard InChI is InChI=1S/C15H23NO3/c1-17-13-8-12(5-4-11-6-7-16-10-11)9-14(18-2)15(13)19-3/h8-9,11,16H,4-7,10H2,1-3H3. The van der Waals surface area contributed by atoms with E-state index in [1.54, 1.807) is 21.3 Å². The zero-order valence-corrected chi connectivity index (χ0v) is 12.0. The number of hydrogen-bond donors (Lipinski definition) is 1. The Hall–Kier alpha value is -1.42. The van der Waals surface area contributed by atoms with Crippen LogP contribution in [0.3, 0.4) is 0 Å². The molecule has 1 aromatic carbocycles. The molecule has 1 N–H and O–H groups in total. The normalized spacial score (nSPS) is 18.4. The van der Waals surface area contributed by atoms with Crippen molar-refractivity contribution in [2.24, 2.45) is 5.92 Å². The molecule has 1 aliphatic heterocycles. The topological polar surface area (TPSA) is 39.7 Å². The van der Waals surface area contributed by atoms with Gasteiger partial charge in [-0.15, -0.1) is 0 Å². The summed E-state index contributed by atoms with van der Waals surface area (Å²) in [5.41, 5.74) is 1.24. The fourth-order valence-corrected chi connectivity index (χ4v) is 2.61. The van der Waals surface area contributed by atoms with Crippen LogP contribution in [-0.4, -0.2) is 34.4 Å². The Kier molecular flexibility index (Phi) is 4.91. The summed E-state index contributed by atoms with van der Waals surface area (Å²) in [5.74, 6) is 2.93. The van der Waals surface area contributed by atoms with Crippen molar-refractivity contribution in [2.75, 3.05) is 34.4 Å². The van der Waals surface area contributed by atoms with E-state index in [4.69, 9.17) is 14.2 Å². The molecular formula is C15H23NO3. The fourth-order valence-electron chi connectivity index (χ4n) is 2.61. The zero-order chi connectivity index (χ0) is 13.7. The number of hydrogen-bond acceptors (Lipinski definition) is 4. The predicted octanol–water partition coefficient (Wildman–Crippen LogP) is 2.25. The lowest BCUT2D eigenvalue weighted by Crippen LogP contribution is -2.09. The van der Waals surface area contributed by atoms with E-state index in [1.807, 2.05) is 12.1 Å². The largest absolute Gasteiger partial charge is 0.493 e. The molecule has 1 heterocycles. The first-order chi connectivity index (χ1) is 9.28. The highest BCUT2D eigenvalue weighted by Gasteiger charge is 2.16. The molecule has 0 spiro atoms. The van der Waals surface area contributed by atoms with Crippen LogP contribution in [0.2, 0.25) is 0 Å². The number of benzene rings is 1. The van der Waals surface area contributed by atoms with Gasteiger partial charge >= 0.3 is 0 Å². The van der Waals surface area contributed by atoms with Gasteiger partial charge in [-0.1, -0.05) is 0 Å². The lowest BCUT2D eigenvalue weighted by molar-refractivity contribution is 0.323. The second-order valence-electron chi connectivity index (χ2n) is 4.93. The highest BCUT2D eigenvalue weighted by Crippen LogP contribution is 2.38. The first kappa shape index (κ1) is 14.0. The Morgan fingerprint density at radius 3 is 2.26 bits per heavy atom. The molecule has 1 saturated heterocycles. The summed E-state index contributed by atoms with van der Waals surface area (Å²) in [6, 6.07) is 4.09. The van der Waals surface area contributed by atoms with Gasteiger partial charge in [0.05, 0.1) is 21.3 Å². The fraction of sp³-hybridized carbons (Fsp3) is 0.600. The molecule has 1 aromatic rings. The quantitative estimate of drug-likeness (QED) is 0.856. The molecule has 0 bridgehead atoms. The van der Waals surface area contributed by atoms with Crippen LogP contribution in [0.15, 0.2) is 12.1 Å². The SMILES string of the molecule is COc1cc(CCC2CCNC2)cc(OC)c1OC. The molecule has 4 heteroatoms. The minimum atomic E-state index is 0.663. The minimum Gasteiger partial charge on any atom is -0.493 e. The second kappa shape index (κ2) is 6.66. The molecule has 0 saturated carbocycles. The van der Waals surface area contributed by atoms with Gasteiger partial charge in [-0.05, 0) is 56.0 Å². The van der Waals surface area contributed by atoms with Crippen molar-refractivity contribution in [3.05, 3.63) is 17.7 Å². The van der Waals surface area contributed by atoms with E-state index >= 15 is 0 Å². The maximum absolute atomic E-state index is 5.37. The smallest absolute Gasteiger partial charge is 0.203 e. The van der Waals surface area contributed by atoms with Crippen LogP contribution in [0.5, 0.6) is 17.2 Å². The van der Waals surface area contributed by atoms with E-state index in [0.29, 0.717) is 5.75 Å². The Labute approximate surface area is 115 Å².